The number of rotatable bonds is 1. The lowest BCUT2D eigenvalue weighted by molar-refractivity contribution is -0.156. The fraction of sp³-hybridized carbons (Fsp3) is 0.706. The summed E-state index contributed by atoms with van der Waals surface area (Å²) in [7, 11) is 0. The van der Waals surface area contributed by atoms with Gasteiger partial charge in [0, 0.05) is 32.6 Å². The van der Waals surface area contributed by atoms with Gasteiger partial charge < -0.3 is 19.4 Å². The minimum absolute atomic E-state index is 0.0155. The second-order valence-corrected chi connectivity index (χ2v) is 7.65. The van der Waals surface area contributed by atoms with Crippen LogP contribution in [-0.4, -0.2) is 63.2 Å². The molecule has 2 amide bonds. The van der Waals surface area contributed by atoms with Crippen molar-refractivity contribution < 1.29 is 19.2 Å². The molecule has 1 aromatic rings. The summed E-state index contributed by atoms with van der Waals surface area (Å²) >= 11 is 0. The van der Waals surface area contributed by atoms with E-state index in [1.54, 1.807) is 22.8 Å². The Kier molecular flexibility index (Phi) is 4.15. The van der Waals surface area contributed by atoms with Crippen molar-refractivity contribution in [1.82, 2.24) is 15.0 Å². The second-order valence-electron chi connectivity index (χ2n) is 7.65. The lowest BCUT2D eigenvalue weighted by Crippen LogP contribution is -2.64. The quantitative estimate of drug-likeness (QED) is 0.835. The number of piperidine rings is 2. The Labute approximate surface area is 141 Å². The fourth-order valence-electron chi connectivity index (χ4n) is 3.99. The zero-order valence-corrected chi connectivity index (χ0v) is 14.5. The topological polar surface area (TPSA) is 86.9 Å². The van der Waals surface area contributed by atoms with E-state index in [0.717, 1.165) is 12.8 Å². The van der Waals surface area contributed by atoms with Crippen LogP contribution in [0.15, 0.2) is 16.8 Å². The molecule has 0 radical (unpaired) electrons. The molecule has 24 heavy (non-hydrogen) atoms. The van der Waals surface area contributed by atoms with E-state index in [9.17, 15) is 14.7 Å². The van der Waals surface area contributed by atoms with Crippen LogP contribution < -0.4 is 0 Å². The van der Waals surface area contributed by atoms with Crippen LogP contribution in [0.4, 0.5) is 0 Å². The van der Waals surface area contributed by atoms with Crippen molar-refractivity contribution >= 4 is 11.8 Å². The lowest BCUT2D eigenvalue weighted by atomic mass is 9.67. The highest BCUT2D eigenvalue weighted by atomic mass is 16.5. The van der Waals surface area contributed by atoms with Gasteiger partial charge in [-0.3, -0.25) is 9.59 Å². The highest BCUT2D eigenvalue weighted by molar-refractivity contribution is 5.91. The van der Waals surface area contributed by atoms with Gasteiger partial charge in [0.05, 0.1) is 17.8 Å². The van der Waals surface area contributed by atoms with Crippen LogP contribution in [0.25, 0.3) is 0 Å². The number of carbonyl (C=O) groups excluding carboxylic acids is 2. The molecule has 0 aliphatic carbocycles. The maximum absolute atomic E-state index is 12.4. The zero-order chi connectivity index (χ0) is 17.5. The highest BCUT2D eigenvalue weighted by Gasteiger charge is 2.50. The third-order valence-electron chi connectivity index (χ3n) is 5.77. The van der Waals surface area contributed by atoms with E-state index in [4.69, 9.17) is 4.52 Å². The molecule has 1 aromatic heterocycles. The van der Waals surface area contributed by atoms with Crippen molar-refractivity contribution in [2.45, 2.75) is 51.7 Å². The minimum atomic E-state index is -0.563. The molecule has 3 rings (SSSR count). The van der Waals surface area contributed by atoms with Crippen LogP contribution in [-0.2, 0) is 4.79 Å². The minimum Gasteiger partial charge on any atom is -0.391 e. The van der Waals surface area contributed by atoms with Gasteiger partial charge in [-0.25, -0.2) is 0 Å². The van der Waals surface area contributed by atoms with Crippen molar-refractivity contribution in [2.24, 2.45) is 5.41 Å². The summed E-state index contributed by atoms with van der Waals surface area (Å²) < 4.78 is 4.94. The average molecular weight is 335 g/mol. The van der Waals surface area contributed by atoms with Crippen LogP contribution >= 0.6 is 0 Å². The number of aliphatic hydroxyl groups excluding tert-OH is 1. The number of aromatic nitrogens is 1. The monoisotopic (exact) mass is 335 g/mol. The molecule has 2 aliphatic rings. The number of carbonyl (C=O) groups is 2. The first-order valence-corrected chi connectivity index (χ1v) is 8.41. The maximum atomic E-state index is 12.4. The van der Waals surface area contributed by atoms with Crippen molar-refractivity contribution in [1.29, 1.82) is 0 Å². The van der Waals surface area contributed by atoms with E-state index in [1.807, 2.05) is 13.8 Å². The Balaban J connectivity index is 1.71. The third-order valence-corrected chi connectivity index (χ3v) is 5.77. The smallest absolute Gasteiger partial charge is 0.292 e. The molecule has 7 heteroatoms. The fourth-order valence-corrected chi connectivity index (χ4v) is 3.99. The summed E-state index contributed by atoms with van der Waals surface area (Å²) in [5, 5.41) is 14.2. The van der Waals surface area contributed by atoms with Crippen molar-refractivity contribution in [3.63, 3.8) is 0 Å². The molecule has 1 N–H and O–H groups in total. The molecular formula is C17H25N3O4. The van der Waals surface area contributed by atoms with Gasteiger partial charge in [-0.1, -0.05) is 5.16 Å². The molecule has 1 atom stereocenters. The SMILES string of the molecule is CC(=O)N1CC2(CCN(C(=O)c3ccno3)CC2)C[C@@H](O)C1(C)C. The molecule has 3 heterocycles. The molecule has 0 aromatic carbocycles. The van der Waals surface area contributed by atoms with Crippen LogP contribution in [0.2, 0.25) is 0 Å². The van der Waals surface area contributed by atoms with Crippen LogP contribution in [0, 0.1) is 5.41 Å². The van der Waals surface area contributed by atoms with Crippen molar-refractivity contribution in [3.05, 3.63) is 18.0 Å². The van der Waals surface area contributed by atoms with Gasteiger partial charge in [0.1, 0.15) is 0 Å². The van der Waals surface area contributed by atoms with Crippen molar-refractivity contribution in [3.8, 4) is 0 Å². The largest absolute Gasteiger partial charge is 0.391 e. The number of hydrogen-bond donors (Lipinski definition) is 1. The van der Waals surface area contributed by atoms with Crippen molar-refractivity contribution in [2.75, 3.05) is 19.6 Å². The summed E-state index contributed by atoms with van der Waals surface area (Å²) in [5.74, 6) is 0.0851. The third kappa shape index (κ3) is 2.81. The van der Waals surface area contributed by atoms with Gasteiger partial charge in [-0.15, -0.1) is 0 Å². The zero-order valence-electron chi connectivity index (χ0n) is 14.5. The Morgan fingerprint density at radius 1 is 1.33 bits per heavy atom. The summed E-state index contributed by atoms with van der Waals surface area (Å²) in [6.45, 7) is 7.20. The molecule has 2 fully saturated rings. The van der Waals surface area contributed by atoms with E-state index in [-0.39, 0.29) is 23.0 Å². The van der Waals surface area contributed by atoms with Gasteiger partial charge in [-0.05, 0) is 38.5 Å². The van der Waals surface area contributed by atoms with E-state index in [1.165, 1.54) is 6.20 Å². The van der Waals surface area contributed by atoms with Gasteiger partial charge in [0.2, 0.25) is 11.7 Å². The summed E-state index contributed by atoms with van der Waals surface area (Å²) in [4.78, 5) is 27.9. The highest BCUT2D eigenvalue weighted by Crippen LogP contribution is 2.45. The predicted molar refractivity (Wildman–Crippen MR) is 86.2 cm³/mol. The predicted octanol–water partition coefficient (Wildman–Crippen LogP) is 1.29. The Hall–Kier alpha value is -1.89. The molecule has 2 saturated heterocycles. The summed E-state index contributed by atoms with van der Waals surface area (Å²) in [6, 6.07) is 1.57. The van der Waals surface area contributed by atoms with E-state index in [2.05, 4.69) is 5.16 Å². The first-order chi connectivity index (χ1) is 11.3. The average Bonchev–Trinajstić information content (AvgIpc) is 3.05. The van der Waals surface area contributed by atoms with Crippen LogP contribution in [0.1, 0.15) is 50.6 Å². The van der Waals surface area contributed by atoms with E-state index < -0.39 is 11.6 Å². The first kappa shape index (κ1) is 17.0. The Bertz CT molecular complexity index is 618. The number of amides is 2. The molecule has 7 nitrogen and oxygen atoms in total. The molecular weight excluding hydrogens is 310 g/mol. The number of likely N-dealkylation sites (tertiary alicyclic amines) is 2. The molecule has 0 saturated carbocycles. The van der Waals surface area contributed by atoms with Gasteiger partial charge in [0.15, 0.2) is 0 Å². The summed E-state index contributed by atoms with van der Waals surface area (Å²) in [6.07, 6.45) is 3.09. The van der Waals surface area contributed by atoms with E-state index >= 15 is 0 Å². The molecule has 0 unspecified atom stereocenters. The molecule has 0 bridgehead atoms. The van der Waals surface area contributed by atoms with Crippen LogP contribution in [0.3, 0.4) is 0 Å². The number of nitrogens with zero attached hydrogens (tertiary/aromatic N) is 3. The van der Waals surface area contributed by atoms with E-state index in [0.29, 0.717) is 26.1 Å². The number of aliphatic hydroxyl groups is 1. The van der Waals surface area contributed by atoms with Gasteiger partial charge in [0.25, 0.3) is 5.91 Å². The van der Waals surface area contributed by atoms with Gasteiger partial charge >= 0.3 is 0 Å². The standard InChI is InChI=1S/C17H25N3O4/c1-12(21)20-11-17(10-14(22)16(20,2)3)5-8-19(9-6-17)15(23)13-4-7-18-24-13/h4,7,14,22H,5-6,8-11H2,1-3H3/t14-/m1/s1. The number of hydrogen-bond acceptors (Lipinski definition) is 5. The first-order valence-electron chi connectivity index (χ1n) is 8.41. The van der Waals surface area contributed by atoms with Crippen LogP contribution in [0.5, 0.6) is 0 Å². The normalized spacial score (nSPS) is 25.8. The Morgan fingerprint density at radius 3 is 2.54 bits per heavy atom. The second kappa shape index (κ2) is 5.88. The Morgan fingerprint density at radius 2 is 2.00 bits per heavy atom. The van der Waals surface area contributed by atoms with Gasteiger partial charge in [-0.2, -0.15) is 0 Å². The molecule has 132 valence electrons. The molecule has 1 spiro atoms. The maximum Gasteiger partial charge on any atom is 0.292 e. The summed E-state index contributed by atoms with van der Waals surface area (Å²) in [5.41, 5.74) is -0.678. The molecule has 2 aliphatic heterocycles. The lowest BCUT2D eigenvalue weighted by Gasteiger charge is -2.55.